The molecule has 2 aromatic rings. The van der Waals surface area contributed by atoms with Crippen LogP contribution in [0.15, 0.2) is 36.9 Å². The van der Waals surface area contributed by atoms with Crippen LogP contribution in [0.5, 0.6) is 0 Å². The van der Waals surface area contributed by atoms with Crippen molar-refractivity contribution in [2.75, 3.05) is 0 Å². The number of aliphatic hydroxyl groups is 1. The van der Waals surface area contributed by atoms with Crippen molar-refractivity contribution in [2.24, 2.45) is 0 Å². The lowest BCUT2D eigenvalue weighted by molar-refractivity contribution is 0.166. The van der Waals surface area contributed by atoms with Crippen LogP contribution in [0.3, 0.4) is 0 Å². The topological polar surface area (TPSA) is 38.0 Å². The first kappa shape index (κ1) is 11.5. The van der Waals surface area contributed by atoms with Crippen LogP contribution in [0.2, 0.25) is 0 Å². The number of hydrogen-bond acceptors (Lipinski definition) is 2. The van der Waals surface area contributed by atoms with Crippen molar-refractivity contribution < 1.29 is 5.11 Å². The predicted molar refractivity (Wildman–Crippen MR) is 70.3 cm³/mol. The van der Waals surface area contributed by atoms with E-state index in [1.54, 1.807) is 6.20 Å². The molecule has 0 amide bonds. The first-order valence-corrected chi connectivity index (χ1v) is 6.58. The molecule has 3 heteroatoms. The fourth-order valence-corrected chi connectivity index (χ4v) is 2.68. The summed E-state index contributed by atoms with van der Waals surface area (Å²) in [6.45, 7) is 0.827. The van der Waals surface area contributed by atoms with E-state index in [0.717, 1.165) is 31.4 Å². The number of hydrogen-bond donors (Lipinski definition) is 1. The van der Waals surface area contributed by atoms with Gasteiger partial charge < -0.3 is 9.67 Å². The quantitative estimate of drug-likeness (QED) is 0.822. The van der Waals surface area contributed by atoms with Crippen molar-refractivity contribution in [3.8, 4) is 0 Å². The van der Waals surface area contributed by atoms with E-state index < -0.39 is 0 Å². The Kier molecular flexibility index (Phi) is 3.15. The third-order valence-electron chi connectivity index (χ3n) is 3.62. The van der Waals surface area contributed by atoms with Crippen LogP contribution in [0.25, 0.3) is 0 Å². The Morgan fingerprint density at radius 3 is 3.11 bits per heavy atom. The summed E-state index contributed by atoms with van der Waals surface area (Å²) in [5, 5.41) is 10.1. The third-order valence-corrected chi connectivity index (χ3v) is 3.62. The van der Waals surface area contributed by atoms with Gasteiger partial charge >= 0.3 is 0 Å². The van der Waals surface area contributed by atoms with Crippen LogP contribution in [0, 0.1) is 0 Å². The second kappa shape index (κ2) is 4.94. The van der Waals surface area contributed by atoms with E-state index >= 15 is 0 Å². The van der Waals surface area contributed by atoms with Crippen LogP contribution in [-0.2, 0) is 13.0 Å². The maximum Gasteiger partial charge on any atom is 0.0807 e. The predicted octanol–water partition coefficient (Wildman–Crippen LogP) is 2.69. The van der Waals surface area contributed by atoms with Crippen molar-refractivity contribution >= 4 is 0 Å². The maximum atomic E-state index is 10.1. The SMILES string of the molecule is OC1CCCCc2cn(Cc3cccnc3)cc21. The highest BCUT2D eigenvalue weighted by molar-refractivity contribution is 5.28. The van der Waals surface area contributed by atoms with Crippen molar-refractivity contribution in [3.05, 3.63) is 53.6 Å². The van der Waals surface area contributed by atoms with Crippen molar-refractivity contribution in [1.82, 2.24) is 9.55 Å². The van der Waals surface area contributed by atoms with Gasteiger partial charge in [-0.15, -0.1) is 0 Å². The van der Waals surface area contributed by atoms with Gasteiger partial charge in [-0.1, -0.05) is 12.5 Å². The molecule has 94 valence electrons. The van der Waals surface area contributed by atoms with Gasteiger partial charge in [-0.3, -0.25) is 4.98 Å². The lowest BCUT2D eigenvalue weighted by Gasteiger charge is -2.06. The molecule has 1 aliphatic carbocycles. The van der Waals surface area contributed by atoms with E-state index in [1.165, 1.54) is 17.5 Å². The molecular weight excluding hydrogens is 224 g/mol. The summed E-state index contributed by atoms with van der Waals surface area (Å²) in [4.78, 5) is 4.13. The van der Waals surface area contributed by atoms with Gasteiger partial charge in [0.1, 0.15) is 0 Å². The number of aryl methyl sites for hydroxylation is 1. The molecular formula is C15H18N2O. The second-order valence-electron chi connectivity index (χ2n) is 5.03. The van der Waals surface area contributed by atoms with Gasteiger partial charge in [0, 0.05) is 36.9 Å². The molecule has 2 heterocycles. The molecule has 18 heavy (non-hydrogen) atoms. The van der Waals surface area contributed by atoms with Gasteiger partial charge in [0.05, 0.1) is 6.10 Å². The van der Waals surface area contributed by atoms with Crippen LogP contribution in [0.4, 0.5) is 0 Å². The zero-order valence-corrected chi connectivity index (χ0v) is 10.4. The lowest BCUT2D eigenvalue weighted by atomic mass is 10.1. The van der Waals surface area contributed by atoms with Crippen molar-refractivity contribution in [3.63, 3.8) is 0 Å². The minimum atomic E-state index is -0.280. The standard InChI is InChI=1S/C15H18N2O/c18-15-6-2-1-5-13-10-17(11-14(13)15)9-12-4-3-7-16-8-12/h3-4,7-8,10-11,15,18H,1-2,5-6,9H2. The highest BCUT2D eigenvalue weighted by atomic mass is 16.3. The Morgan fingerprint density at radius 1 is 1.33 bits per heavy atom. The molecule has 1 atom stereocenters. The normalized spacial score (nSPS) is 19.3. The zero-order chi connectivity index (χ0) is 12.4. The van der Waals surface area contributed by atoms with Crippen LogP contribution < -0.4 is 0 Å². The molecule has 0 spiro atoms. The van der Waals surface area contributed by atoms with Crippen LogP contribution in [0.1, 0.15) is 42.1 Å². The minimum absolute atomic E-state index is 0.280. The van der Waals surface area contributed by atoms with Gasteiger partial charge in [-0.2, -0.15) is 0 Å². The summed E-state index contributed by atoms with van der Waals surface area (Å²) >= 11 is 0. The number of rotatable bonds is 2. The number of fused-ring (bicyclic) bond motifs is 1. The molecule has 0 saturated carbocycles. The van der Waals surface area contributed by atoms with E-state index in [2.05, 4.69) is 28.0 Å². The zero-order valence-electron chi connectivity index (χ0n) is 10.4. The molecule has 0 saturated heterocycles. The van der Waals surface area contributed by atoms with Gasteiger partial charge in [-0.25, -0.2) is 0 Å². The highest BCUT2D eigenvalue weighted by Gasteiger charge is 2.18. The number of aromatic nitrogens is 2. The smallest absolute Gasteiger partial charge is 0.0807 e. The molecule has 1 N–H and O–H groups in total. The van der Waals surface area contributed by atoms with Gasteiger partial charge in [-0.05, 0) is 36.5 Å². The molecule has 0 radical (unpaired) electrons. The second-order valence-corrected chi connectivity index (χ2v) is 5.03. The summed E-state index contributed by atoms with van der Waals surface area (Å²) in [5.74, 6) is 0. The average Bonchev–Trinajstić information content (AvgIpc) is 2.71. The third kappa shape index (κ3) is 2.31. The molecule has 1 aliphatic rings. The summed E-state index contributed by atoms with van der Waals surface area (Å²) in [7, 11) is 0. The van der Waals surface area contributed by atoms with Gasteiger partial charge in [0.15, 0.2) is 0 Å². The lowest BCUT2D eigenvalue weighted by Crippen LogP contribution is -1.98. The Hall–Kier alpha value is -1.61. The van der Waals surface area contributed by atoms with Crippen molar-refractivity contribution in [1.29, 1.82) is 0 Å². The first-order valence-electron chi connectivity index (χ1n) is 6.58. The first-order chi connectivity index (χ1) is 8.83. The summed E-state index contributed by atoms with van der Waals surface area (Å²) in [6, 6.07) is 4.03. The largest absolute Gasteiger partial charge is 0.388 e. The molecule has 3 rings (SSSR count). The summed E-state index contributed by atoms with van der Waals surface area (Å²) < 4.78 is 2.16. The monoisotopic (exact) mass is 242 g/mol. The Labute approximate surface area is 107 Å². The number of nitrogens with zero attached hydrogens (tertiary/aromatic N) is 2. The molecule has 1 unspecified atom stereocenters. The Balaban J connectivity index is 1.85. The summed E-state index contributed by atoms with van der Waals surface area (Å²) in [5.41, 5.74) is 3.62. The fraction of sp³-hybridized carbons (Fsp3) is 0.400. The maximum absolute atomic E-state index is 10.1. The number of aliphatic hydroxyl groups excluding tert-OH is 1. The number of pyridine rings is 1. The van der Waals surface area contributed by atoms with E-state index in [4.69, 9.17) is 0 Å². The van der Waals surface area contributed by atoms with E-state index in [-0.39, 0.29) is 6.10 Å². The van der Waals surface area contributed by atoms with E-state index in [0.29, 0.717) is 0 Å². The van der Waals surface area contributed by atoms with Crippen LogP contribution in [-0.4, -0.2) is 14.7 Å². The van der Waals surface area contributed by atoms with Crippen molar-refractivity contribution in [2.45, 2.75) is 38.3 Å². The molecule has 0 bridgehead atoms. The average molecular weight is 242 g/mol. The van der Waals surface area contributed by atoms with E-state index in [1.807, 2.05) is 12.3 Å². The van der Waals surface area contributed by atoms with Gasteiger partial charge in [0.2, 0.25) is 0 Å². The highest BCUT2D eigenvalue weighted by Crippen LogP contribution is 2.29. The molecule has 0 fully saturated rings. The Bertz CT molecular complexity index is 519. The Morgan fingerprint density at radius 2 is 2.28 bits per heavy atom. The molecule has 0 aromatic carbocycles. The summed E-state index contributed by atoms with van der Waals surface area (Å²) in [6.07, 6.45) is 12.0. The van der Waals surface area contributed by atoms with Crippen LogP contribution >= 0.6 is 0 Å². The fourth-order valence-electron chi connectivity index (χ4n) is 2.68. The molecule has 2 aromatic heterocycles. The minimum Gasteiger partial charge on any atom is -0.388 e. The van der Waals surface area contributed by atoms with E-state index in [9.17, 15) is 5.11 Å². The van der Waals surface area contributed by atoms with Gasteiger partial charge in [0.25, 0.3) is 0 Å². The molecule has 0 aliphatic heterocycles. The molecule has 3 nitrogen and oxygen atoms in total.